The second-order valence-corrected chi connectivity index (χ2v) is 5.42. The van der Waals surface area contributed by atoms with Gasteiger partial charge in [-0.3, -0.25) is 4.79 Å². The summed E-state index contributed by atoms with van der Waals surface area (Å²) in [5.74, 6) is 1.48. The Labute approximate surface area is 126 Å². The molecule has 21 heavy (non-hydrogen) atoms. The van der Waals surface area contributed by atoms with Gasteiger partial charge < -0.3 is 20.1 Å². The van der Waals surface area contributed by atoms with Crippen molar-refractivity contribution < 1.29 is 14.3 Å². The van der Waals surface area contributed by atoms with E-state index in [1.807, 2.05) is 32.0 Å². The summed E-state index contributed by atoms with van der Waals surface area (Å²) in [7, 11) is 0. The molecule has 2 unspecified atom stereocenters. The Kier molecular flexibility index (Phi) is 5.31. The quantitative estimate of drug-likeness (QED) is 0.846. The minimum absolute atomic E-state index is 0.00541. The maximum atomic E-state index is 12.1. The molecule has 1 aliphatic rings. The predicted molar refractivity (Wildman–Crippen MR) is 83.0 cm³/mol. The maximum Gasteiger partial charge on any atom is 0.242 e. The zero-order valence-corrected chi connectivity index (χ0v) is 12.9. The molecule has 1 amide bonds. The molecule has 1 aromatic rings. The van der Waals surface area contributed by atoms with Gasteiger partial charge >= 0.3 is 0 Å². The van der Waals surface area contributed by atoms with Gasteiger partial charge in [0.15, 0.2) is 11.5 Å². The Morgan fingerprint density at radius 1 is 1.24 bits per heavy atom. The van der Waals surface area contributed by atoms with Crippen molar-refractivity contribution in [3.05, 3.63) is 18.2 Å². The molecular formula is C16H24N2O3. The molecule has 5 nitrogen and oxygen atoms in total. The van der Waals surface area contributed by atoms with Gasteiger partial charge in [0.1, 0.15) is 19.3 Å². The van der Waals surface area contributed by atoms with Crippen LogP contribution < -0.4 is 20.1 Å². The number of hydrogen-bond donors (Lipinski definition) is 2. The molecule has 2 rings (SSSR count). The van der Waals surface area contributed by atoms with Gasteiger partial charge in [-0.1, -0.05) is 13.3 Å². The van der Waals surface area contributed by atoms with Crippen LogP contribution in [0.3, 0.4) is 0 Å². The lowest BCUT2D eigenvalue weighted by Crippen LogP contribution is -2.42. The van der Waals surface area contributed by atoms with Crippen molar-refractivity contribution in [2.24, 2.45) is 0 Å². The first kappa shape index (κ1) is 15.5. The zero-order valence-electron chi connectivity index (χ0n) is 12.9. The van der Waals surface area contributed by atoms with Gasteiger partial charge in [-0.2, -0.15) is 0 Å². The van der Waals surface area contributed by atoms with Crippen molar-refractivity contribution >= 4 is 11.6 Å². The first-order valence-electron chi connectivity index (χ1n) is 7.56. The fourth-order valence-corrected chi connectivity index (χ4v) is 2.32. The highest BCUT2D eigenvalue weighted by Gasteiger charge is 2.17. The van der Waals surface area contributed by atoms with Crippen molar-refractivity contribution in [1.82, 2.24) is 5.32 Å². The second-order valence-electron chi connectivity index (χ2n) is 5.42. The molecule has 0 radical (unpaired) electrons. The van der Waals surface area contributed by atoms with E-state index in [4.69, 9.17) is 9.47 Å². The van der Waals surface area contributed by atoms with E-state index in [0.717, 1.165) is 30.0 Å². The summed E-state index contributed by atoms with van der Waals surface area (Å²) in [6.45, 7) is 7.12. The van der Waals surface area contributed by atoms with Crippen LogP contribution >= 0.6 is 0 Å². The summed E-state index contributed by atoms with van der Waals surface area (Å²) in [5.41, 5.74) is 0.852. The van der Waals surface area contributed by atoms with Crippen LogP contribution in [-0.2, 0) is 4.79 Å². The van der Waals surface area contributed by atoms with Crippen molar-refractivity contribution in [2.75, 3.05) is 18.5 Å². The molecule has 1 heterocycles. The molecule has 2 N–H and O–H groups in total. The molecule has 0 spiro atoms. The normalized spacial score (nSPS) is 16.0. The van der Waals surface area contributed by atoms with Gasteiger partial charge in [-0.05, 0) is 32.4 Å². The Bertz CT molecular complexity index is 490. The van der Waals surface area contributed by atoms with E-state index in [9.17, 15) is 4.79 Å². The lowest BCUT2D eigenvalue weighted by atomic mass is 10.2. The molecular weight excluding hydrogens is 268 g/mol. The average Bonchev–Trinajstić information content (AvgIpc) is 2.47. The van der Waals surface area contributed by atoms with Gasteiger partial charge in [0.25, 0.3) is 0 Å². The second kappa shape index (κ2) is 7.20. The van der Waals surface area contributed by atoms with Gasteiger partial charge in [0, 0.05) is 17.8 Å². The van der Waals surface area contributed by atoms with Gasteiger partial charge in [0.05, 0.1) is 0 Å². The van der Waals surface area contributed by atoms with Crippen LogP contribution in [0.15, 0.2) is 18.2 Å². The molecule has 0 bridgehead atoms. The number of nitrogens with one attached hydrogen (secondary N) is 2. The zero-order chi connectivity index (χ0) is 15.2. The summed E-state index contributed by atoms with van der Waals surface area (Å²) in [6, 6.07) is 5.53. The fraction of sp³-hybridized carbons (Fsp3) is 0.562. The minimum Gasteiger partial charge on any atom is -0.486 e. The number of fused-ring (bicyclic) bond motifs is 1. The Hall–Kier alpha value is -1.91. The van der Waals surface area contributed by atoms with Crippen LogP contribution in [0, 0.1) is 0 Å². The number of amides is 1. The third kappa shape index (κ3) is 4.28. The minimum atomic E-state index is -0.299. The first-order chi connectivity index (χ1) is 10.1. The SMILES string of the molecule is CCCC(C)NC(=O)C(C)Nc1ccc2c(c1)OCCO2. The number of hydrogen-bond acceptors (Lipinski definition) is 4. The van der Waals surface area contributed by atoms with Crippen LogP contribution in [0.2, 0.25) is 0 Å². The maximum absolute atomic E-state index is 12.1. The van der Waals surface area contributed by atoms with Crippen LogP contribution in [0.1, 0.15) is 33.6 Å². The molecule has 5 heteroatoms. The summed E-state index contributed by atoms with van der Waals surface area (Å²) in [5, 5.41) is 6.20. The smallest absolute Gasteiger partial charge is 0.242 e. The van der Waals surface area contributed by atoms with E-state index >= 15 is 0 Å². The van der Waals surface area contributed by atoms with E-state index in [1.165, 1.54) is 0 Å². The van der Waals surface area contributed by atoms with E-state index in [2.05, 4.69) is 17.6 Å². The first-order valence-corrected chi connectivity index (χ1v) is 7.56. The largest absolute Gasteiger partial charge is 0.486 e. The highest BCUT2D eigenvalue weighted by Crippen LogP contribution is 2.32. The third-order valence-electron chi connectivity index (χ3n) is 3.43. The standard InChI is InChI=1S/C16H24N2O3/c1-4-5-11(2)17-16(19)12(3)18-13-6-7-14-15(10-13)21-9-8-20-14/h6-7,10-12,18H,4-5,8-9H2,1-3H3,(H,17,19). The van der Waals surface area contributed by atoms with Crippen molar-refractivity contribution in [2.45, 2.75) is 45.7 Å². The molecule has 0 aliphatic carbocycles. The van der Waals surface area contributed by atoms with E-state index in [1.54, 1.807) is 0 Å². The number of carbonyl (C=O) groups is 1. The number of benzene rings is 1. The van der Waals surface area contributed by atoms with Crippen molar-refractivity contribution in [3.63, 3.8) is 0 Å². The molecule has 0 fully saturated rings. The molecule has 1 aliphatic heterocycles. The highest BCUT2D eigenvalue weighted by atomic mass is 16.6. The molecule has 0 aromatic heterocycles. The van der Waals surface area contributed by atoms with Crippen molar-refractivity contribution in [3.8, 4) is 11.5 Å². The van der Waals surface area contributed by atoms with Crippen molar-refractivity contribution in [1.29, 1.82) is 0 Å². The lowest BCUT2D eigenvalue weighted by molar-refractivity contribution is -0.122. The number of ether oxygens (including phenoxy) is 2. The topological polar surface area (TPSA) is 59.6 Å². The van der Waals surface area contributed by atoms with Crippen LogP contribution in [0.4, 0.5) is 5.69 Å². The molecule has 116 valence electrons. The summed E-state index contributed by atoms with van der Waals surface area (Å²) in [6.07, 6.45) is 2.05. The van der Waals surface area contributed by atoms with Crippen LogP contribution in [-0.4, -0.2) is 31.2 Å². The van der Waals surface area contributed by atoms with Gasteiger partial charge in [0.2, 0.25) is 5.91 Å². The van der Waals surface area contributed by atoms with E-state index < -0.39 is 0 Å². The van der Waals surface area contributed by atoms with Gasteiger partial charge in [-0.15, -0.1) is 0 Å². The predicted octanol–water partition coefficient (Wildman–Crippen LogP) is 2.56. The van der Waals surface area contributed by atoms with E-state index in [0.29, 0.717) is 13.2 Å². The van der Waals surface area contributed by atoms with Crippen LogP contribution in [0.5, 0.6) is 11.5 Å². The average molecular weight is 292 g/mol. The molecule has 1 aromatic carbocycles. The lowest BCUT2D eigenvalue weighted by Gasteiger charge is -2.21. The Balaban J connectivity index is 1.92. The summed E-state index contributed by atoms with van der Waals surface area (Å²) >= 11 is 0. The summed E-state index contributed by atoms with van der Waals surface area (Å²) in [4.78, 5) is 12.1. The van der Waals surface area contributed by atoms with E-state index in [-0.39, 0.29) is 18.0 Å². The Morgan fingerprint density at radius 2 is 1.95 bits per heavy atom. The fourth-order valence-electron chi connectivity index (χ4n) is 2.32. The highest BCUT2D eigenvalue weighted by molar-refractivity contribution is 5.84. The molecule has 0 saturated carbocycles. The Morgan fingerprint density at radius 3 is 2.67 bits per heavy atom. The monoisotopic (exact) mass is 292 g/mol. The number of anilines is 1. The number of carbonyl (C=O) groups excluding carboxylic acids is 1. The third-order valence-corrected chi connectivity index (χ3v) is 3.43. The van der Waals surface area contributed by atoms with Gasteiger partial charge in [-0.25, -0.2) is 0 Å². The summed E-state index contributed by atoms with van der Waals surface area (Å²) < 4.78 is 11.0. The molecule has 2 atom stereocenters. The number of rotatable bonds is 6. The van der Waals surface area contributed by atoms with Crippen LogP contribution in [0.25, 0.3) is 0 Å². The molecule has 0 saturated heterocycles.